The molecule has 1 N–H and O–H groups in total. The van der Waals surface area contributed by atoms with Gasteiger partial charge in [0.05, 0.1) is 0 Å². The van der Waals surface area contributed by atoms with Gasteiger partial charge in [0.1, 0.15) is 0 Å². The second kappa shape index (κ2) is 5.37. The van der Waals surface area contributed by atoms with Crippen molar-refractivity contribution in [2.45, 2.75) is 44.3 Å². The number of carboxylic acid groups (broad SMARTS) is 1. The Labute approximate surface area is 96.4 Å². The van der Waals surface area contributed by atoms with E-state index in [1.165, 1.54) is 0 Å². The Morgan fingerprint density at radius 3 is 2.47 bits per heavy atom. The second-order valence-corrected chi connectivity index (χ2v) is 4.08. The molecule has 98 valence electrons. The molecular weight excluding hydrogens is 239 g/mol. The highest BCUT2D eigenvalue weighted by Crippen LogP contribution is 2.27. The van der Waals surface area contributed by atoms with Gasteiger partial charge in [0.2, 0.25) is 0 Å². The number of aliphatic carboxylic acids is 1. The standard InChI is InChI=1S/C10H14F3NO3/c11-10(12,13)9(17)14-6-2-1-3-7(14)4-5-8(15)16/h7H,1-6H2,(H,15,16). The van der Waals surface area contributed by atoms with Crippen molar-refractivity contribution in [3.63, 3.8) is 0 Å². The first kappa shape index (κ1) is 13.8. The maximum atomic E-state index is 12.3. The fourth-order valence-electron chi connectivity index (χ4n) is 2.02. The Morgan fingerprint density at radius 1 is 1.29 bits per heavy atom. The molecule has 0 radical (unpaired) electrons. The number of carboxylic acids is 1. The quantitative estimate of drug-likeness (QED) is 0.834. The molecule has 1 atom stereocenters. The van der Waals surface area contributed by atoms with E-state index in [0.29, 0.717) is 12.8 Å². The number of nitrogens with zero attached hydrogens (tertiary/aromatic N) is 1. The smallest absolute Gasteiger partial charge is 0.471 e. The third kappa shape index (κ3) is 3.90. The molecule has 0 aromatic carbocycles. The lowest BCUT2D eigenvalue weighted by atomic mass is 9.98. The van der Waals surface area contributed by atoms with Gasteiger partial charge in [0, 0.05) is 19.0 Å². The van der Waals surface area contributed by atoms with Crippen LogP contribution in [0.4, 0.5) is 13.2 Å². The first-order valence-electron chi connectivity index (χ1n) is 5.42. The fourth-order valence-corrected chi connectivity index (χ4v) is 2.02. The minimum Gasteiger partial charge on any atom is -0.481 e. The molecule has 0 spiro atoms. The van der Waals surface area contributed by atoms with E-state index in [1.54, 1.807) is 0 Å². The van der Waals surface area contributed by atoms with E-state index < -0.39 is 24.1 Å². The lowest BCUT2D eigenvalue weighted by Gasteiger charge is -2.35. The zero-order valence-corrected chi connectivity index (χ0v) is 9.16. The molecule has 1 unspecified atom stereocenters. The minimum atomic E-state index is -4.88. The van der Waals surface area contributed by atoms with Crippen LogP contribution in [0.1, 0.15) is 32.1 Å². The molecule has 0 bridgehead atoms. The van der Waals surface area contributed by atoms with Gasteiger partial charge in [-0.2, -0.15) is 13.2 Å². The summed E-state index contributed by atoms with van der Waals surface area (Å²) < 4.78 is 36.9. The summed E-state index contributed by atoms with van der Waals surface area (Å²) in [5, 5.41) is 8.50. The minimum absolute atomic E-state index is 0.0582. The molecule has 1 aliphatic heterocycles. The Morgan fingerprint density at radius 2 is 1.94 bits per heavy atom. The third-order valence-electron chi connectivity index (χ3n) is 2.82. The molecule has 1 aliphatic rings. The molecule has 17 heavy (non-hydrogen) atoms. The third-order valence-corrected chi connectivity index (χ3v) is 2.82. The first-order chi connectivity index (χ1) is 7.82. The molecule has 4 nitrogen and oxygen atoms in total. The Hall–Kier alpha value is -1.27. The fraction of sp³-hybridized carbons (Fsp3) is 0.800. The maximum Gasteiger partial charge on any atom is 0.471 e. The molecule has 1 fully saturated rings. The number of halogens is 3. The molecule has 1 heterocycles. The van der Waals surface area contributed by atoms with Crippen molar-refractivity contribution in [2.75, 3.05) is 6.54 Å². The highest BCUT2D eigenvalue weighted by atomic mass is 19.4. The summed E-state index contributed by atoms with van der Waals surface area (Å²) in [4.78, 5) is 22.3. The van der Waals surface area contributed by atoms with Crippen LogP contribution in [0.25, 0.3) is 0 Å². The van der Waals surface area contributed by atoms with Crippen LogP contribution in [-0.2, 0) is 9.59 Å². The Kier molecular flexibility index (Phi) is 4.36. The largest absolute Gasteiger partial charge is 0.481 e. The van der Waals surface area contributed by atoms with Crippen LogP contribution in [0, 0.1) is 0 Å². The molecule has 1 amide bonds. The van der Waals surface area contributed by atoms with Crippen LogP contribution < -0.4 is 0 Å². The summed E-state index contributed by atoms with van der Waals surface area (Å²) in [6.45, 7) is 0.0582. The SMILES string of the molecule is O=C(O)CCC1CCCCN1C(=O)C(F)(F)F. The van der Waals surface area contributed by atoms with Gasteiger partial charge in [-0.25, -0.2) is 0 Å². The van der Waals surface area contributed by atoms with Gasteiger partial charge in [-0.05, 0) is 25.7 Å². The lowest BCUT2D eigenvalue weighted by molar-refractivity contribution is -0.189. The van der Waals surface area contributed by atoms with E-state index in [4.69, 9.17) is 5.11 Å². The van der Waals surface area contributed by atoms with Crippen molar-refractivity contribution in [2.24, 2.45) is 0 Å². The van der Waals surface area contributed by atoms with Gasteiger partial charge in [0.15, 0.2) is 0 Å². The van der Waals surface area contributed by atoms with Gasteiger partial charge >= 0.3 is 18.1 Å². The lowest BCUT2D eigenvalue weighted by Crippen LogP contribution is -2.49. The highest BCUT2D eigenvalue weighted by Gasteiger charge is 2.45. The average Bonchev–Trinajstić information content (AvgIpc) is 2.24. The summed E-state index contributed by atoms with van der Waals surface area (Å²) in [5.74, 6) is -2.91. The Balaban J connectivity index is 2.65. The van der Waals surface area contributed by atoms with Crippen molar-refractivity contribution in [3.05, 3.63) is 0 Å². The average molecular weight is 253 g/mol. The number of alkyl halides is 3. The van der Waals surface area contributed by atoms with E-state index in [9.17, 15) is 22.8 Å². The molecule has 1 rings (SSSR count). The summed E-state index contributed by atoms with van der Waals surface area (Å²) in [7, 11) is 0. The second-order valence-electron chi connectivity index (χ2n) is 4.08. The number of hydrogen-bond donors (Lipinski definition) is 1. The van der Waals surface area contributed by atoms with Crippen LogP contribution >= 0.6 is 0 Å². The van der Waals surface area contributed by atoms with Crippen molar-refractivity contribution in [3.8, 4) is 0 Å². The number of carbonyl (C=O) groups is 2. The van der Waals surface area contributed by atoms with Crippen molar-refractivity contribution in [1.29, 1.82) is 0 Å². The van der Waals surface area contributed by atoms with Crippen LogP contribution in [0.3, 0.4) is 0 Å². The van der Waals surface area contributed by atoms with Crippen molar-refractivity contribution >= 4 is 11.9 Å². The molecule has 7 heteroatoms. The van der Waals surface area contributed by atoms with Crippen LogP contribution in [-0.4, -0.2) is 40.6 Å². The molecule has 0 aromatic heterocycles. The maximum absolute atomic E-state index is 12.3. The Bertz CT molecular complexity index is 304. The number of rotatable bonds is 3. The van der Waals surface area contributed by atoms with Crippen molar-refractivity contribution in [1.82, 2.24) is 4.90 Å². The summed E-state index contributed by atoms with van der Waals surface area (Å²) in [6.07, 6.45) is -3.31. The number of likely N-dealkylation sites (tertiary alicyclic amines) is 1. The van der Waals surface area contributed by atoms with Gasteiger partial charge in [-0.1, -0.05) is 0 Å². The van der Waals surface area contributed by atoms with E-state index in [0.717, 1.165) is 11.3 Å². The first-order valence-corrected chi connectivity index (χ1v) is 5.42. The number of piperidine rings is 1. The zero-order valence-electron chi connectivity index (χ0n) is 9.16. The van der Waals surface area contributed by atoms with Gasteiger partial charge < -0.3 is 10.0 Å². The predicted octanol–water partition coefficient (Wildman–Crippen LogP) is 1.79. The zero-order chi connectivity index (χ0) is 13.1. The summed E-state index contributed by atoms with van der Waals surface area (Å²) in [6, 6.07) is -0.603. The molecule has 0 aromatic rings. The molecule has 0 aliphatic carbocycles. The number of amides is 1. The van der Waals surface area contributed by atoms with E-state index in [2.05, 4.69) is 0 Å². The van der Waals surface area contributed by atoms with Crippen LogP contribution in [0.15, 0.2) is 0 Å². The molecular formula is C10H14F3NO3. The normalized spacial score (nSPS) is 21.4. The van der Waals surface area contributed by atoms with E-state index in [1.807, 2.05) is 0 Å². The van der Waals surface area contributed by atoms with Gasteiger partial charge in [0.25, 0.3) is 0 Å². The van der Waals surface area contributed by atoms with Crippen molar-refractivity contribution < 1.29 is 27.9 Å². The predicted molar refractivity (Wildman–Crippen MR) is 52.3 cm³/mol. The van der Waals surface area contributed by atoms with Crippen LogP contribution in [0.2, 0.25) is 0 Å². The van der Waals surface area contributed by atoms with E-state index >= 15 is 0 Å². The van der Waals surface area contributed by atoms with E-state index in [-0.39, 0.29) is 19.4 Å². The number of carbonyl (C=O) groups excluding carboxylic acids is 1. The highest BCUT2D eigenvalue weighted by molar-refractivity contribution is 5.82. The van der Waals surface area contributed by atoms with Gasteiger partial charge in [-0.15, -0.1) is 0 Å². The molecule has 1 saturated heterocycles. The molecule has 0 saturated carbocycles. The van der Waals surface area contributed by atoms with Gasteiger partial charge in [-0.3, -0.25) is 9.59 Å². The van der Waals surface area contributed by atoms with Crippen LogP contribution in [0.5, 0.6) is 0 Å². The monoisotopic (exact) mass is 253 g/mol. The topological polar surface area (TPSA) is 57.6 Å². The summed E-state index contributed by atoms with van der Waals surface area (Å²) in [5.41, 5.74) is 0. The summed E-state index contributed by atoms with van der Waals surface area (Å²) >= 11 is 0. The number of hydrogen-bond acceptors (Lipinski definition) is 2.